The summed E-state index contributed by atoms with van der Waals surface area (Å²) in [5, 5.41) is 8.47. The molecule has 6 heteroatoms. The van der Waals surface area contributed by atoms with Crippen LogP contribution in [0, 0.1) is 3.57 Å². The smallest absolute Gasteiger partial charge is 0.305 e. The summed E-state index contributed by atoms with van der Waals surface area (Å²) in [6.45, 7) is 0.212. The number of carboxylic acids is 1. The first-order chi connectivity index (χ1) is 7.00. The highest BCUT2D eigenvalue weighted by molar-refractivity contribution is 14.1. The van der Waals surface area contributed by atoms with Crippen LogP contribution in [0.5, 0.6) is 0 Å². The summed E-state index contributed by atoms with van der Waals surface area (Å²) < 4.78 is 0.947. The molecule has 0 aliphatic rings. The quantitative estimate of drug-likeness (QED) is 0.817. The summed E-state index contributed by atoms with van der Waals surface area (Å²) in [5.41, 5.74) is 0.479. The van der Waals surface area contributed by atoms with Gasteiger partial charge >= 0.3 is 5.97 Å². The molecule has 0 aromatic carbocycles. The molecule has 0 aliphatic carbocycles. The van der Waals surface area contributed by atoms with E-state index in [9.17, 15) is 9.59 Å². The van der Waals surface area contributed by atoms with Gasteiger partial charge in [-0.25, -0.2) is 0 Å². The van der Waals surface area contributed by atoms with E-state index < -0.39 is 5.97 Å². The van der Waals surface area contributed by atoms with Crippen molar-refractivity contribution in [2.75, 3.05) is 13.6 Å². The number of halogens is 1. The number of rotatable bonds is 4. The van der Waals surface area contributed by atoms with Gasteiger partial charge in [-0.2, -0.15) is 0 Å². The van der Waals surface area contributed by atoms with E-state index in [1.165, 1.54) is 4.90 Å². The number of aromatic amines is 1. The largest absolute Gasteiger partial charge is 0.481 e. The van der Waals surface area contributed by atoms with E-state index in [2.05, 4.69) is 27.6 Å². The maximum atomic E-state index is 11.7. The maximum Gasteiger partial charge on any atom is 0.305 e. The van der Waals surface area contributed by atoms with Crippen molar-refractivity contribution in [3.63, 3.8) is 0 Å². The van der Waals surface area contributed by atoms with E-state index in [1.54, 1.807) is 19.3 Å². The molecular formula is C9H11IN2O3. The first-order valence-corrected chi connectivity index (χ1v) is 5.39. The molecule has 0 fully saturated rings. The molecule has 0 atom stereocenters. The van der Waals surface area contributed by atoms with E-state index in [1.807, 2.05) is 0 Å². The number of carbonyl (C=O) groups excluding carboxylic acids is 1. The van der Waals surface area contributed by atoms with Crippen molar-refractivity contribution in [3.8, 4) is 0 Å². The van der Waals surface area contributed by atoms with Crippen molar-refractivity contribution in [1.29, 1.82) is 0 Å². The minimum absolute atomic E-state index is 0.0416. The Morgan fingerprint density at radius 2 is 2.27 bits per heavy atom. The molecule has 1 heterocycles. The van der Waals surface area contributed by atoms with Crippen molar-refractivity contribution in [3.05, 3.63) is 21.5 Å². The SMILES string of the molecule is CN(CCC(=O)O)C(=O)c1cc(I)c[nH]1. The summed E-state index contributed by atoms with van der Waals surface area (Å²) in [4.78, 5) is 26.2. The van der Waals surface area contributed by atoms with Crippen LogP contribution in [-0.2, 0) is 4.79 Å². The van der Waals surface area contributed by atoms with Crippen molar-refractivity contribution >= 4 is 34.5 Å². The first kappa shape index (κ1) is 12.0. The lowest BCUT2D eigenvalue weighted by molar-refractivity contribution is -0.137. The van der Waals surface area contributed by atoms with Gasteiger partial charge in [0, 0.05) is 23.4 Å². The molecule has 0 saturated carbocycles. The van der Waals surface area contributed by atoms with Crippen molar-refractivity contribution in [1.82, 2.24) is 9.88 Å². The van der Waals surface area contributed by atoms with Gasteiger partial charge in [0.15, 0.2) is 0 Å². The van der Waals surface area contributed by atoms with Crippen LogP contribution in [0.3, 0.4) is 0 Å². The molecule has 15 heavy (non-hydrogen) atoms. The van der Waals surface area contributed by atoms with Gasteiger partial charge in [0.1, 0.15) is 5.69 Å². The van der Waals surface area contributed by atoms with Gasteiger partial charge < -0.3 is 15.0 Å². The highest BCUT2D eigenvalue weighted by Crippen LogP contribution is 2.08. The van der Waals surface area contributed by atoms with Crippen LogP contribution in [0.1, 0.15) is 16.9 Å². The molecule has 82 valence electrons. The van der Waals surface area contributed by atoms with Crippen molar-refractivity contribution in [2.45, 2.75) is 6.42 Å². The number of carbonyl (C=O) groups is 2. The van der Waals surface area contributed by atoms with Gasteiger partial charge in [0.05, 0.1) is 6.42 Å². The Balaban J connectivity index is 2.57. The molecule has 0 spiro atoms. The second kappa shape index (κ2) is 5.15. The van der Waals surface area contributed by atoms with E-state index in [4.69, 9.17) is 5.11 Å². The van der Waals surface area contributed by atoms with Crippen LogP contribution in [0.25, 0.3) is 0 Å². The number of nitrogens with zero attached hydrogens (tertiary/aromatic N) is 1. The van der Waals surface area contributed by atoms with Gasteiger partial charge in [-0.15, -0.1) is 0 Å². The van der Waals surface area contributed by atoms with Gasteiger partial charge in [-0.05, 0) is 28.7 Å². The molecule has 1 rings (SSSR count). The number of nitrogens with one attached hydrogen (secondary N) is 1. The number of amides is 1. The lowest BCUT2D eigenvalue weighted by Crippen LogP contribution is -2.29. The summed E-state index contributed by atoms with van der Waals surface area (Å²) in [5.74, 6) is -1.10. The van der Waals surface area contributed by atoms with Gasteiger partial charge in [0.25, 0.3) is 5.91 Å². The maximum absolute atomic E-state index is 11.7. The molecule has 1 aromatic rings. The number of aromatic nitrogens is 1. The minimum Gasteiger partial charge on any atom is -0.481 e. The fourth-order valence-electron chi connectivity index (χ4n) is 1.06. The van der Waals surface area contributed by atoms with Crippen LogP contribution in [0.2, 0.25) is 0 Å². The van der Waals surface area contributed by atoms with Gasteiger partial charge in [-0.1, -0.05) is 0 Å². The molecule has 5 nitrogen and oxygen atoms in total. The zero-order chi connectivity index (χ0) is 11.4. The number of hydrogen-bond donors (Lipinski definition) is 2. The zero-order valence-corrected chi connectivity index (χ0v) is 10.3. The highest BCUT2D eigenvalue weighted by Gasteiger charge is 2.13. The van der Waals surface area contributed by atoms with Gasteiger partial charge in [0.2, 0.25) is 0 Å². The molecule has 1 amide bonds. The number of aliphatic carboxylic acids is 1. The molecule has 0 saturated heterocycles. The van der Waals surface area contributed by atoms with E-state index in [-0.39, 0.29) is 18.9 Å². The fourth-order valence-corrected chi connectivity index (χ4v) is 1.53. The highest BCUT2D eigenvalue weighted by atomic mass is 127. The third kappa shape index (κ3) is 3.54. The Hall–Kier alpha value is -1.05. The van der Waals surface area contributed by atoms with Crippen molar-refractivity contribution in [2.24, 2.45) is 0 Å². The summed E-state index contributed by atoms with van der Waals surface area (Å²) in [7, 11) is 1.58. The average Bonchev–Trinajstić information content (AvgIpc) is 2.60. The summed E-state index contributed by atoms with van der Waals surface area (Å²) in [6, 6.07) is 1.72. The van der Waals surface area contributed by atoms with Crippen LogP contribution in [0.4, 0.5) is 0 Å². The Kier molecular flexibility index (Phi) is 4.13. The zero-order valence-electron chi connectivity index (χ0n) is 8.16. The molecule has 0 unspecified atom stereocenters. The molecule has 2 N–H and O–H groups in total. The second-order valence-corrected chi connectivity index (χ2v) is 4.35. The number of carboxylic acid groups (broad SMARTS) is 1. The lowest BCUT2D eigenvalue weighted by Gasteiger charge is -2.14. The Morgan fingerprint density at radius 1 is 1.60 bits per heavy atom. The lowest BCUT2D eigenvalue weighted by atomic mass is 10.3. The predicted molar refractivity (Wildman–Crippen MR) is 62.7 cm³/mol. The van der Waals surface area contributed by atoms with Crippen LogP contribution < -0.4 is 0 Å². The summed E-state index contributed by atoms with van der Waals surface area (Å²) >= 11 is 2.09. The van der Waals surface area contributed by atoms with E-state index >= 15 is 0 Å². The minimum atomic E-state index is -0.907. The van der Waals surface area contributed by atoms with Crippen LogP contribution in [-0.4, -0.2) is 40.5 Å². The summed E-state index contributed by atoms with van der Waals surface area (Å²) in [6.07, 6.45) is 1.68. The molecule has 0 aliphatic heterocycles. The average molecular weight is 322 g/mol. The normalized spacial score (nSPS) is 10.0. The molecule has 1 aromatic heterocycles. The molecular weight excluding hydrogens is 311 g/mol. The van der Waals surface area contributed by atoms with E-state index in [0.717, 1.165) is 3.57 Å². The fraction of sp³-hybridized carbons (Fsp3) is 0.333. The molecule has 0 bridgehead atoms. The van der Waals surface area contributed by atoms with Crippen molar-refractivity contribution < 1.29 is 14.7 Å². The standard InChI is InChI=1S/C9H11IN2O3/c1-12(3-2-8(13)14)9(15)7-4-6(10)5-11-7/h4-5,11H,2-3H2,1H3,(H,13,14). The molecule has 0 radical (unpaired) electrons. The van der Waals surface area contributed by atoms with E-state index in [0.29, 0.717) is 5.69 Å². The third-order valence-electron chi connectivity index (χ3n) is 1.89. The predicted octanol–water partition coefficient (Wildman–Crippen LogP) is 1.17. The second-order valence-electron chi connectivity index (χ2n) is 3.10. The Bertz CT molecular complexity index is 375. The number of hydrogen-bond acceptors (Lipinski definition) is 2. The third-order valence-corrected chi connectivity index (χ3v) is 2.51. The topological polar surface area (TPSA) is 73.4 Å². The monoisotopic (exact) mass is 322 g/mol. The van der Waals surface area contributed by atoms with Crippen LogP contribution in [0.15, 0.2) is 12.3 Å². The van der Waals surface area contributed by atoms with Gasteiger partial charge in [-0.3, -0.25) is 9.59 Å². The van der Waals surface area contributed by atoms with Crippen LogP contribution >= 0.6 is 22.6 Å². The Labute approximate surface area is 101 Å². The number of H-pyrrole nitrogens is 1. The first-order valence-electron chi connectivity index (χ1n) is 4.32. The Morgan fingerprint density at radius 3 is 2.73 bits per heavy atom.